The zero-order chi connectivity index (χ0) is 15.2. The molecule has 0 bridgehead atoms. The van der Waals surface area contributed by atoms with E-state index in [9.17, 15) is 0 Å². The van der Waals surface area contributed by atoms with Gasteiger partial charge in [0.2, 0.25) is 0 Å². The van der Waals surface area contributed by atoms with E-state index in [1.807, 2.05) is 12.3 Å². The van der Waals surface area contributed by atoms with Crippen molar-refractivity contribution >= 4 is 11.3 Å². The number of ether oxygens (including phenoxy) is 1. The second-order valence-electron chi connectivity index (χ2n) is 5.62. The fourth-order valence-electron chi connectivity index (χ4n) is 2.06. The maximum atomic E-state index is 5.85. The van der Waals surface area contributed by atoms with E-state index in [1.54, 1.807) is 11.3 Å². The van der Waals surface area contributed by atoms with E-state index in [4.69, 9.17) is 4.74 Å². The molecule has 0 atom stereocenters. The van der Waals surface area contributed by atoms with Gasteiger partial charge in [-0.3, -0.25) is 0 Å². The molecule has 1 heterocycles. The van der Waals surface area contributed by atoms with Crippen LogP contribution in [-0.2, 0) is 13.0 Å². The fraction of sp³-hybridized carbons (Fsp3) is 0.471. The molecule has 1 N–H and O–H groups in total. The van der Waals surface area contributed by atoms with Crippen LogP contribution in [0.25, 0.3) is 0 Å². The molecule has 0 aliphatic carbocycles. The molecule has 3 nitrogen and oxygen atoms in total. The highest BCUT2D eigenvalue weighted by Crippen LogP contribution is 2.19. The zero-order valence-corrected chi connectivity index (χ0v) is 14.1. The average Bonchev–Trinajstić information content (AvgIpc) is 2.87. The van der Waals surface area contributed by atoms with E-state index >= 15 is 0 Å². The van der Waals surface area contributed by atoms with Crippen molar-refractivity contribution < 1.29 is 4.74 Å². The summed E-state index contributed by atoms with van der Waals surface area (Å²) in [6.07, 6.45) is 2.83. The lowest BCUT2D eigenvalue weighted by molar-refractivity contribution is 0.319. The Bertz CT molecular complexity index is 578. The molecule has 1 aromatic carbocycles. The van der Waals surface area contributed by atoms with Gasteiger partial charge in [-0.2, -0.15) is 0 Å². The second kappa shape index (κ2) is 7.57. The van der Waals surface area contributed by atoms with Crippen LogP contribution in [-0.4, -0.2) is 17.6 Å². The first kappa shape index (κ1) is 16.0. The van der Waals surface area contributed by atoms with Crippen molar-refractivity contribution in [2.75, 3.05) is 6.61 Å². The van der Waals surface area contributed by atoms with Crippen molar-refractivity contribution in [3.05, 3.63) is 45.4 Å². The summed E-state index contributed by atoms with van der Waals surface area (Å²) in [5, 5.41) is 4.55. The first-order valence-corrected chi connectivity index (χ1v) is 8.23. The molecule has 0 spiro atoms. The van der Waals surface area contributed by atoms with Gasteiger partial charge in [-0.05, 0) is 25.5 Å². The van der Waals surface area contributed by atoms with Gasteiger partial charge < -0.3 is 10.1 Å². The number of nitrogens with zero attached hydrogens (tertiary/aromatic N) is 1. The molecule has 0 aliphatic rings. The minimum absolute atomic E-state index is 0.503. The normalized spacial score (nSPS) is 11.1. The van der Waals surface area contributed by atoms with Crippen molar-refractivity contribution in [2.24, 2.45) is 0 Å². The summed E-state index contributed by atoms with van der Waals surface area (Å²) < 4.78 is 5.85. The van der Waals surface area contributed by atoms with E-state index in [1.165, 1.54) is 16.0 Å². The van der Waals surface area contributed by atoms with Crippen LogP contribution in [0, 0.1) is 13.8 Å². The number of nitrogens with one attached hydrogen (secondary N) is 1. The number of hydrogen-bond donors (Lipinski definition) is 1. The number of rotatable bonds is 7. The zero-order valence-electron chi connectivity index (χ0n) is 13.3. The van der Waals surface area contributed by atoms with Crippen molar-refractivity contribution in [3.8, 4) is 5.75 Å². The van der Waals surface area contributed by atoms with E-state index in [-0.39, 0.29) is 0 Å². The smallest absolute Gasteiger partial charge is 0.122 e. The lowest BCUT2D eigenvalue weighted by atomic mass is 10.1. The Kier molecular flexibility index (Phi) is 5.76. The Hall–Kier alpha value is -1.39. The average molecular weight is 304 g/mol. The number of benzene rings is 1. The molecule has 114 valence electrons. The second-order valence-corrected chi connectivity index (χ2v) is 6.82. The standard InChI is InChI=1S/C17H24N2OS/c1-12(2)18-10-15-11-19-17(21-15)7-8-20-16-6-5-13(3)9-14(16)4/h5-6,9,11-12,18H,7-8,10H2,1-4H3. The Morgan fingerprint density at radius 2 is 2.10 bits per heavy atom. The minimum Gasteiger partial charge on any atom is -0.493 e. The molecule has 0 fully saturated rings. The van der Waals surface area contributed by atoms with Crippen LogP contribution in [0.4, 0.5) is 0 Å². The number of aryl methyl sites for hydroxylation is 2. The van der Waals surface area contributed by atoms with E-state index < -0.39 is 0 Å². The topological polar surface area (TPSA) is 34.1 Å². The van der Waals surface area contributed by atoms with Gasteiger partial charge in [-0.15, -0.1) is 11.3 Å². The van der Waals surface area contributed by atoms with Gasteiger partial charge in [0.1, 0.15) is 5.75 Å². The van der Waals surface area contributed by atoms with Gasteiger partial charge in [0.05, 0.1) is 11.6 Å². The summed E-state index contributed by atoms with van der Waals surface area (Å²) in [5.41, 5.74) is 2.46. The predicted molar refractivity (Wildman–Crippen MR) is 89.2 cm³/mol. The SMILES string of the molecule is Cc1ccc(OCCc2ncc(CNC(C)C)s2)c(C)c1. The van der Waals surface area contributed by atoms with E-state index in [2.05, 4.69) is 50.1 Å². The fourth-order valence-corrected chi connectivity index (χ4v) is 2.91. The Morgan fingerprint density at radius 3 is 2.81 bits per heavy atom. The van der Waals surface area contributed by atoms with Crippen LogP contribution < -0.4 is 10.1 Å². The molecular weight excluding hydrogens is 280 g/mol. The molecule has 0 radical (unpaired) electrons. The highest BCUT2D eigenvalue weighted by molar-refractivity contribution is 7.11. The van der Waals surface area contributed by atoms with Crippen molar-refractivity contribution in [3.63, 3.8) is 0 Å². The largest absolute Gasteiger partial charge is 0.493 e. The monoisotopic (exact) mass is 304 g/mol. The van der Waals surface area contributed by atoms with Gasteiger partial charge in [0.15, 0.2) is 0 Å². The van der Waals surface area contributed by atoms with Crippen molar-refractivity contribution in [2.45, 2.75) is 46.7 Å². The van der Waals surface area contributed by atoms with Crippen LogP contribution in [0.2, 0.25) is 0 Å². The number of thiazole rings is 1. The van der Waals surface area contributed by atoms with Crippen LogP contribution in [0.5, 0.6) is 5.75 Å². The third kappa shape index (κ3) is 5.14. The molecule has 0 aliphatic heterocycles. The lowest BCUT2D eigenvalue weighted by Crippen LogP contribution is -2.21. The quantitative estimate of drug-likeness (QED) is 0.843. The summed E-state index contributed by atoms with van der Waals surface area (Å²) in [7, 11) is 0. The Labute approximate surface area is 131 Å². The van der Waals surface area contributed by atoms with Gasteiger partial charge in [0.25, 0.3) is 0 Å². The maximum absolute atomic E-state index is 5.85. The molecule has 0 amide bonds. The first-order chi connectivity index (χ1) is 10.0. The van der Waals surface area contributed by atoms with Crippen LogP contribution >= 0.6 is 11.3 Å². The summed E-state index contributed by atoms with van der Waals surface area (Å²) in [6.45, 7) is 10.1. The van der Waals surface area contributed by atoms with Gasteiger partial charge in [0, 0.05) is 30.1 Å². The maximum Gasteiger partial charge on any atom is 0.122 e. The van der Waals surface area contributed by atoms with Crippen LogP contribution in [0.1, 0.15) is 34.9 Å². The molecule has 1 aromatic heterocycles. The van der Waals surface area contributed by atoms with Gasteiger partial charge in [-0.1, -0.05) is 31.5 Å². The van der Waals surface area contributed by atoms with Gasteiger partial charge in [-0.25, -0.2) is 4.98 Å². The van der Waals surface area contributed by atoms with Crippen molar-refractivity contribution in [1.82, 2.24) is 10.3 Å². The summed E-state index contributed by atoms with van der Waals surface area (Å²) >= 11 is 1.76. The molecule has 0 saturated heterocycles. The summed E-state index contributed by atoms with van der Waals surface area (Å²) in [6, 6.07) is 6.78. The van der Waals surface area contributed by atoms with E-state index in [0.717, 1.165) is 23.7 Å². The molecule has 2 aromatic rings. The molecule has 0 saturated carbocycles. The Balaban J connectivity index is 1.80. The van der Waals surface area contributed by atoms with Crippen LogP contribution in [0.3, 0.4) is 0 Å². The van der Waals surface area contributed by atoms with Gasteiger partial charge >= 0.3 is 0 Å². The molecule has 2 rings (SSSR count). The summed E-state index contributed by atoms with van der Waals surface area (Å²) in [4.78, 5) is 5.74. The molecule has 0 unspecified atom stereocenters. The Morgan fingerprint density at radius 1 is 1.29 bits per heavy atom. The third-order valence-electron chi connectivity index (χ3n) is 3.19. The highest BCUT2D eigenvalue weighted by atomic mass is 32.1. The summed E-state index contributed by atoms with van der Waals surface area (Å²) in [5.74, 6) is 0.971. The van der Waals surface area contributed by atoms with Crippen molar-refractivity contribution in [1.29, 1.82) is 0 Å². The first-order valence-electron chi connectivity index (χ1n) is 7.41. The molecule has 21 heavy (non-hydrogen) atoms. The number of hydrogen-bond acceptors (Lipinski definition) is 4. The molecular formula is C17H24N2OS. The predicted octanol–water partition coefficient (Wildman–Crippen LogP) is 3.88. The van der Waals surface area contributed by atoms with E-state index in [0.29, 0.717) is 12.6 Å². The minimum atomic E-state index is 0.503. The third-order valence-corrected chi connectivity index (χ3v) is 4.25. The highest BCUT2D eigenvalue weighted by Gasteiger charge is 2.04. The lowest BCUT2D eigenvalue weighted by Gasteiger charge is -2.08. The van der Waals surface area contributed by atoms with Crippen LogP contribution in [0.15, 0.2) is 24.4 Å². The molecule has 4 heteroatoms. The number of aromatic nitrogens is 1.